The van der Waals surface area contributed by atoms with E-state index in [1.165, 1.54) is 0 Å². The van der Waals surface area contributed by atoms with E-state index in [9.17, 15) is 4.79 Å². The third-order valence-electron chi connectivity index (χ3n) is 2.29. The van der Waals surface area contributed by atoms with Crippen molar-refractivity contribution in [3.8, 4) is 11.5 Å². The summed E-state index contributed by atoms with van der Waals surface area (Å²) in [6.45, 7) is 4.15. The van der Waals surface area contributed by atoms with Crippen LogP contribution in [-0.2, 0) is 4.79 Å². The molecule has 0 bridgehead atoms. The number of methoxy groups -OCH3 is 1. The second-order valence-corrected chi connectivity index (χ2v) is 3.78. The average molecular weight is 237 g/mol. The summed E-state index contributed by atoms with van der Waals surface area (Å²) in [5.41, 5.74) is 0. The second-order valence-electron chi connectivity index (χ2n) is 3.78. The lowest BCUT2D eigenvalue weighted by molar-refractivity contribution is -0.121. The van der Waals surface area contributed by atoms with Gasteiger partial charge in [-0.25, -0.2) is 0 Å². The highest BCUT2D eigenvalue weighted by Crippen LogP contribution is 2.25. The van der Waals surface area contributed by atoms with Gasteiger partial charge in [0.25, 0.3) is 0 Å². The van der Waals surface area contributed by atoms with Crippen LogP contribution in [0.2, 0.25) is 0 Å². The van der Waals surface area contributed by atoms with Crippen LogP contribution in [0.25, 0.3) is 0 Å². The minimum atomic E-state index is -0.0210. The summed E-state index contributed by atoms with van der Waals surface area (Å²) >= 11 is 0. The van der Waals surface area contributed by atoms with Gasteiger partial charge in [0.2, 0.25) is 5.91 Å². The van der Waals surface area contributed by atoms with Gasteiger partial charge in [0, 0.05) is 6.42 Å². The van der Waals surface area contributed by atoms with Gasteiger partial charge in [0.05, 0.1) is 13.2 Å². The molecule has 0 aliphatic heterocycles. The predicted octanol–water partition coefficient (Wildman–Crippen LogP) is 1.99. The van der Waals surface area contributed by atoms with Gasteiger partial charge in [-0.1, -0.05) is 19.1 Å². The van der Waals surface area contributed by atoms with Gasteiger partial charge in [-0.15, -0.1) is 0 Å². The molecule has 0 aromatic heterocycles. The summed E-state index contributed by atoms with van der Waals surface area (Å²) in [6.07, 6.45) is 0.485. The molecule has 0 aliphatic carbocycles. The minimum Gasteiger partial charge on any atom is -0.493 e. The van der Waals surface area contributed by atoms with Crippen LogP contribution in [0.3, 0.4) is 0 Å². The van der Waals surface area contributed by atoms with Crippen molar-refractivity contribution in [2.45, 2.75) is 26.3 Å². The molecular formula is C13H19NO3. The summed E-state index contributed by atoms with van der Waals surface area (Å²) in [5, 5.41) is 2.83. The Hall–Kier alpha value is -1.71. The second kappa shape index (κ2) is 6.78. The number of amides is 1. The largest absolute Gasteiger partial charge is 0.493 e. The Morgan fingerprint density at radius 1 is 1.35 bits per heavy atom. The molecule has 94 valence electrons. The first-order chi connectivity index (χ1) is 8.17. The van der Waals surface area contributed by atoms with Crippen LogP contribution in [0.1, 0.15) is 20.3 Å². The number of hydrogen-bond acceptors (Lipinski definition) is 3. The lowest BCUT2D eigenvalue weighted by atomic mass is 10.3. The third kappa shape index (κ3) is 4.34. The third-order valence-corrected chi connectivity index (χ3v) is 2.29. The smallest absolute Gasteiger partial charge is 0.220 e. The molecule has 1 aromatic carbocycles. The number of rotatable bonds is 6. The first-order valence-electron chi connectivity index (χ1n) is 5.72. The van der Waals surface area contributed by atoms with E-state index in [1.807, 2.05) is 38.1 Å². The fourth-order valence-electron chi connectivity index (χ4n) is 1.37. The molecule has 1 N–H and O–H groups in total. The van der Waals surface area contributed by atoms with E-state index in [4.69, 9.17) is 9.47 Å². The zero-order valence-corrected chi connectivity index (χ0v) is 10.5. The molecule has 4 nitrogen and oxygen atoms in total. The van der Waals surface area contributed by atoms with E-state index in [1.54, 1.807) is 7.11 Å². The van der Waals surface area contributed by atoms with E-state index in [-0.39, 0.29) is 11.9 Å². The fourth-order valence-corrected chi connectivity index (χ4v) is 1.37. The highest BCUT2D eigenvalue weighted by Gasteiger charge is 2.08. The Morgan fingerprint density at radius 2 is 2.00 bits per heavy atom. The van der Waals surface area contributed by atoms with Gasteiger partial charge in [-0.2, -0.15) is 0 Å². The first kappa shape index (κ1) is 13.4. The average Bonchev–Trinajstić information content (AvgIpc) is 2.36. The minimum absolute atomic E-state index is 0.0210. The van der Waals surface area contributed by atoms with Crippen molar-refractivity contribution >= 4 is 5.91 Å². The lowest BCUT2D eigenvalue weighted by Crippen LogP contribution is -2.36. The Bertz CT molecular complexity index is 365. The number of carbonyl (C=O) groups excluding carboxylic acids is 1. The zero-order valence-electron chi connectivity index (χ0n) is 10.5. The van der Waals surface area contributed by atoms with Crippen molar-refractivity contribution in [3.05, 3.63) is 24.3 Å². The summed E-state index contributed by atoms with van der Waals surface area (Å²) in [5.74, 6) is 1.41. The molecule has 17 heavy (non-hydrogen) atoms. The van der Waals surface area contributed by atoms with Crippen molar-refractivity contribution in [1.82, 2.24) is 5.32 Å². The van der Waals surface area contributed by atoms with Crippen LogP contribution in [-0.4, -0.2) is 25.7 Å². The van der Waals surface area contributed by atoms with Crippen molar-refractivity contribution in [2.24, 2.45) is 0 Å². The molecule has 1 amide bonds. The Balaban J connectivity index is 2.47. The van der Waals surface area contributed by atoms with Crippen molar-refractivity contribution in [2.75, 3.05) is 13.7 Å². The Kier molecular flexibility index (Phi) is 5.33. The summed E-state index contributed by atoms with van der Waals surface area (Å²) in [4.78, 5) is 11.2. The number of nitrogens with one attached hydrogen (secondary N) is 1. The van der Waals surface area contributed by atoms with Crippen LogP contribution in [0.4, 0.5) is 0 Å². The van der Waals surface area contributed by atoms with Crippen LogP contribution in [0, 0.1) is 0 Å². The first-order valence-corrected chi connectivity index (χ1v) is 5.72. The van der Waals surface area contributed by atoms with Gasteiger partial charge in [-0.05, 0) is 19.1 Å². The van der Waals surface area contributed by atoms with E-state index >= 15 is 0 Å². The quantitative estimate of drug-likeness (QED) is 0.823. The number of para-hydroxylation sites is 2. The number of ether oxygens (including phenoxy) is 2. The molecular weight excluding hydrogens is 218 g/mol. The number of hydrogen-bond donors (Lipinski definition) is 1. The van der Waals surface area contributed by atoms with Gasteiger partial charge in [0.1, 0.15) is 6.61 Å². The molecule has 0 saturated carbocycles. The molecule has 0 spiro atoms. The lowest BCUT2D eigenvalue weighted by Gasteiger charge is -2.15. The SMILES string of the molecule is CCC(=O)NC(C)COc1ccccc1OC. The molecule has 4 heteroatoms. The molecule has 1 rings (SSSR count). The molecule has 1 unspecified atom stereocenters. The summed E-state index contributed by atoms with van der Waals surface area (Å²) < 4.78 is 10.8. The van der Waals surface area contributed by atoms with E-state index < -0.39 is 0 Å². The van der Waals surface area contributed by atoms with Crippen molar-refractivity contribution in [1.29, 1.82) is 0 Å². The monoisotopic (exact) mass is 237 g/mol. The normalized spacial score (nSPS) is 11.7. The fraction of sp³-hybridized carbons (Fsp3) is 0.462. The van der Waals surface area contributed by atoms with Gasteiger partial charge in [0.15, 0.2) is 11.5 Å². The molecule has 1 aromatic rings. The Labute approximate surface area is 102 Å². The maximum Gasteiger partial charge on any atom is 0.220 e. The van der Waals surface area contributed by atoms with Crippen molar-refractivity contribution in [3.63, 3.8) is 0 Å². The van der Waals surface area contributed by atoms with Gasteiger partial charge < -0.3 is 14.8 Å². The van der Waals surface area contributed by atoms with E-state index in [0.29, 0.717) is 24.5 Å². The summed E-state index contributed by atoms with van der Waals surface area (Å²) in [6, 6.07) is 7.42. The molecule has 0 heterocycles. The molecule has 0 radical (unpaired) electrons. The summed E-state index contributed by atoms with van der Waals surface area (Å²) in [7, 11) is 1.60. The van der Waals surface area contributed by atoms with Crippen LogP contribution in [0.5, 0.6) is 11.5 Å². The van der Waals surface area contributed by atoms with E-state index in [0.717, 1.165) is 0 Å². The molecule has 0 saturated heterocycles. The zero-order chi connectivity index (χ0) is 12.7. The standard InChI is InChI=1S/C13H19NO3/c1-4-13(15)14-10(2)9-17-12-8-6-5-7-11(12)16-3/h5-8,10H,4,9H2,1-3H3,(H,14,15). The van der Waals surface area contributed by atoms with Crippen molar-refractivity contribution < 1.29 is 14.3 Å². The maximum atomic E-state index is 11.2. The highest BCUT2D eigenvalue weighted by molar-refractivity contribution is 5.75. The van der Waals surface area contributed by atoms with E-state index in [2.05, 4.69) is 5.32 Å². The molecule has 0 aliphatic rings. The van der Waals surface area contributed by atoms with Crippen LogP contribution in [0.15, 0.2) is 24.3 Å². The van der Waals surface area contributed by atoms with Gasteiger partial charge >= 0.3 is 0 Å². The topological polar surface area (TPSA) is 47.6 Å². The number of benzene rings is 1. The number of carbonyl (C=O) groups is 1. The highest BCUT2D eigenvalue weighted by atomic mass is 16.5. The molecule has 0 fully saturated rings. The predicted molar refractivity (Wildman–Crippen MR) is 66.4 cm³/mol. The maximum absolute atomic E-state index is 11.2. The Morgan fingerprint density at radius 3 is 2.59 bits per heavy atom. The molecule has 1 atom stereocenters. The van der Waals surface area contributed by atoms with Gasteiger partial charge in [-0.3, -0.25) is 4.79 Å². The van der Waals surface area contributed by atoms with Crippen LogP contribution >= 0.6 is 0 Å². The van der Waals surface area contributed by atoms with Crippen LogP contribution < -0.4 is 14.8 Å².